The Balaban J connectivity index is 1.70. The largest absolute Gasteiger partial charge is 0.476 e. The van der Waals surface area contributed by atoms with Crippen LogP contribution >= 0.6 is 0 Å². The number of carboxylic acid groups (broad SMARTS) is 1. The molecule has 2 aromatic rings. The van der Waals surface area contributed by atoms with E-state index in [4.69, 9.17) is 0 Å². The molecule has 1 saturated heterocycles. The Kier molecular flexibility index (Phi) is 6.75. The molecule has 1 aromatic carbocycles. The number of rotatable bonds is 4. The number of fused-ring (bicyclic) bond motifs is 1. The topological polar surface area (TPSA) is 75.4 Å². The highest BCUT2D eigenvalue weighted by atomic mass is 16.4. The molecule has 168 valence electrons. The highest BCUT2D eigenvalue weighted by Crippen LogP contribution is 2.37. The molecular formula is C25H35N3O3. The summed E-state index contributed by atoms with van der Waals surface area (Å²) in [5.41, 5.74) is 0.464. The fourth-order valence-corrected chi connectivity index (χ4v) is 6.04. The second kappa shape index (κ2) is 9.51. The molecule has 1 aliphatic carbocycles. The molecule has 2 fully saturated rings. The van der Waals surface area contributed by atoms with Gasteiger partial charge < -0.3 is 9.67 Å². The first kappa shape index (κ1) is 22.0. The van der Waals surface area contributed by atoms with E-state index in [0.717, 1.165) is 24.8 Å². The van der Waals surface area contributed by atoms with Crippen molar-refractivity contribution in [2.75, 3.05) is 0 Å². The molecule has 0 spiro atoms. The normalized spacial score (nSPS) is 26.5. The van der Waals surface area contributed by atoms with E-state index in [0.29, 0.717) is 23.6 Å². The van der Waals surface area contributed by atoms with Crippen molar-refractivity contribution in [2.45, 2.75) is 102 Å². The molecule has 0 amide bonds. The lowest BCUT2D eigenvalue weighted by atomic mass is 9.85. The first-order chi connectivity index (χ1) is 15.0. The number of aromatic nitrogens is 2. The zero-order valence-corrected chi connectivity index (χ0v) is 18.8. The molecule has 2 aliphatic rings. The smallest absolute Gasteiger partial charge is 0.360 e. The van der Waals surface area contributed by atoms with Gasteiger partial charge in [0.1, 0.15) is 0 Å². The fraction of sp³-hybridized carbons (Fsp3) is 0.640. The maximum Gasteiger partial charge on any atom is 0.360 e. The molecule has 6 heteroatoms. The molecule has 31 heavy (non-hydrogen) atoms. The Labute approximate surface area is 184 Å². The van der Waals surface area contributed by atoms with E-state index in [1.165, 1.54) is 44.9 Å². The van der Waals surface area contributed by atoms with Crippen molar-refractivity contribution < 1.29 is 9.90 Å². The third kappa shape index (κ3) is 4.40. The SMILES string of the molecule is CC[C@H]1C[C@@H](n2c(=O)c(C(=O)O)nc3ccccc32)C[C@@H](C)N1C1CCCCCCC1. The summed E-state index contributed by atoms with van der Waals surface area (Å²) in [5.74, 6) is -1.25. The Hall–Kier alpha value is -2.21. The predicted molar refractivity (Wildman–Crippen MR) is 123 cm³/mol. The van der Waals surface area contributed by atoms with Gasteiger partial charge in [0.05, 0.1) is 11.0 Å². The molecular weight excluding hydrogens is 390 g/mol. The average molecular weight is 426 g/mol. The maximum atomic E-state index is 13.2. The highest BCUT2D eigenvalue weighted by Gasteiger charge is 2.38. The number of aromatic carboxylic acids is 1. The van der Waals surface area contributed by atoms with Crippen LogP contribution in [0.25, 0.3) is 11.0 Å². The van der Waals surface area contributed by atoms with Gasteiger partial charge in [-0.3, -0.25) is 9.69 Å². The van der Waals surface area contributed by atoms with Crippen LogP contribution in [-0.2, 0) is 0 Å². The van der Waals surface area contributed by atoms with Crippen LogP contribution in [0.4, 0.5) is 0 Å². The van der Waals surface area contributed by atoms with Crippen LogP contribution in [0.15, 0.2) is 29.1 Å². The van der Waals surface area contributed by atoms with Crippen LogP contribution in [0, 0.1) is 0 Å². The van der Waals surface area contributed by atoms with Gasteiger partial charge in [-0.1, -0.05) is 51.2 Å². The van der Waals surface area contributed by atoms with Gasteiger partial charge in [-0.25, -0.2) is 9.78 Å². The number of nitrogens with zero attached hydrogens (tertiary/aromatic N) is 3. The van der Waals surface area contributed by atoms with Crippen LogP contribution < -0.4 is 5.56 Å². The number of para-hydroxylation sites is 2. The van der Waals surface area contributed by atoms with Crippen LogP contribution in [0.2, 0.25) is 0 Å². The molecule has 0 bridgehead atoms. The molecule has 1 aromatic heterocycles. The van der Waals surface area contributed by atoms with E-state index in [1.54, 1.807) is 10.6 Å². The van der Waals surface area contributed by atoms with Crippen molar-refractivity contribution in [3.8, 4) is 0 Å². The molecule has 0 unspecified atom stereocenters. The molecule has 1 saturated carbocycles. The van der Waals surface area contributed by atoms with Gasteiger partial charge in [0.15, 0.2) is 0 Å². The molecule has 2 heterocycles. The summed E-state index contributed by atoms with van der Waals surface area (Å²) in [6, 6.07) is 8.80. The Bertz CT molecular complexity index is 978. The minimum absolute atomic E-state index is 0.0109. The van der Waals surface area contributed by atoms with E-state index >= 15 is 0 Å². The van der Waals surface area contributed by atoms with E-state index < -0.39 is 11.5 Å². The number of hydrogen-bond donors (Lipinski definition) is 1. The lowest BCUT2D eigenvalue weighted by Gasteiger charge is -2.49. The quantitative estimate of drug-likeness (QED) is 0.745. The molecule has 3 atom stereocenters. The summed E-state index contributed by atoms with van der Waals surface area (Å²) >= 11 is 0. The first-order valence-corrected chi connectivity index (χ1v) is 12.0. The van der Waals surface area contributed by atoms with Crippen LogP contribution in [0.3, 0.4) is 0 Å². The number of hydrogen-bond acceptors (Lipinski definition) is 4. The van der Waals surface area contributed by atoms with Crippen LogP contribution in [0.1, 0.15) is 94.6 Å². The second-order valence-corrected chi connectivity index (χ2v) is 9.41. The summed E-state index contributed by atoms with van der Waals surface area (Å²) in [4.78, 5) is 31.8. The molecule has 6 nitrogen and oxygen atoms in total. The van der Waals surface area contributed by atoms with Gasteiger partial charge in [-0.2, -0.15) is 0 Å². The van der Waals surface area contributed by atoms with E-state index in [1.807, 2.05) is 18.2 Å². The molecule has 0 radical (unpaired) electrons. The van der Waals surface area contributed by atoms with E-state index in [-0.39, 0.29) is 11.7 Å². The van der Waals surface area contributed by atoms with Crippen molar-refractivity contribution in [1.82, 2.24) is 14.5 Å². The Morgan fingerprint density at radius 3 is 2.42 bits per heavy atom. The van der Waals surface area contributed by atoms with E-state index in [9.17, 15) is 14.7 Å². The van der Waals surface area contributed by atoms with E-state index in [2.05, 4.69) is 23.7 Å². The minimum Gasteiger partial charge on any atom is -0.476 e. The van der Waals surface area contributed by atoms with Crippen molar-refractivity contribution in [2.24, 2.45) is 0 Å². The Morgan fingerprint density at radius 2 is 1.74 bits per heavy atom. The van der Waals surface area contributed by atoms with Crippen molar-refractivity contribution in [1.29, 1.82) is 0 Å². The number of piperidine rings is 1. The lowest BCUT2D eigenvalue weighted by Crippen LogP contribution is -2.54. The zero-order valence-electron chi connectivity index (χ0n) is 18.8. The van der Waals surface area contributed by atoms with Gasteiger partial charge >= 0.3 is 5.97 Å². The summed E-state index contributed by atoms with van der Waals surface area (Å²) < 4.78 is 1.74. The minimum atomic E-state index is -1.25. The third-order valence-corrected chi connectivity index (χ3v) is 7.42. The number of benzene rings is 1. The van der Waals surface area contributed by atoms with Crippen molar-refractivity contribution in [3.63, 3.8) is 0 Å². The zero-order chi connectivity index (χ0) is 22.0. The predicted octanol–water partition coefficient (Wildman–Crippen LogP) is 5.01. The van der Waals surface area contributed by atoms with Crippen molar-refractivity contribution in [3.05, 3.63) is 40.3 Å². The lowest BCUT2D eigenvalue weighted by molar-refractivity contribution is 0.0121. The van der Waals surface area contributed by atoms with Crippen molar-refractivity contribution >= 4 is 17.0 Å². The average Bonchev–Trinajstić information content (AvgIpc) is 2.73. The molecule has 1 aliphatic heterocycles. The maximum absolute atomic E-state index is 13.2. The summed E-state index contributed by atoms with van der Waals surface area (Å²) in [6.07, 6.45) is 12.0. The number of carboxylic acids is 1. The summed E-state index contributed by atoms with van der Waals surface area (Å²) in [5, 5.41) is 9.58. The standard InChI is InChI=1S/C25H35N3O3/c1-3-18-16-20(15-17(2)27(18)19-11-7-5-4-6-8-12-19)28-22-14-10-9-13-21(22)26-23(24(28)29)25(30)31/h9-10,13-14,17-20H,3-8,11-12,15-16H2,1-2H3,(H,30,31)/t17-,18+,20+/m1/s1. The van der Waals surface area contributed by atoms with Crippen LogP contribution in [-0.4, -0.2) is 43.7 Å². The van der Waals surface area contributed by atoms with Gasteiger partial charge in [0.25, 0.3) is 5.56 Å². The third-order valence-electron chi connectivity index (χ3n) is 7.42. The second-order valence-electron chi connectivity index (χ2n) is 9.41. The highest BCUT2D eigenvalue weighted by molar-refractivity contribution is 5.88. The number of carbonyl (C=O) groups is 1. The van der Waals surface area contributed by atoms with Gasteiger partial charge in [-0.15, -0.1) is 0 Å². The van der Waals surface area contributed by atoms with Gasteiger partial charge in [-0.05, 0) is 51.2 Å². The molecule has 1 N–H and O–H groups in total. The van der Waals surface area contributed by atoms with Gasteiger partial charge in [0, 0.05) is 24.2 Å². The molecule has 4 rings (SSSR count). The van der Waals surface area contributed by atoms with Crippen LogP contribution in [0.5, 0.6) is 0 Å². The first-order valence-electron chi connectivity index (χ1n) is 12.0. The summed E-state index contributed by atoms with van der Waals surface area (Å²) in [6.45, 7) is 4.53. The monoisotopic (exact) mass is 425 g/mol. The Morgan fingerprint density at radius 1 is 1.06 bits per heavy atom. The van der Waals surface area contributed by atoms with Gasteiger partial charge in [0.2, 0.25) is 5.69 Å². The fourth-order valence-electron chi connectivity index (χ4n) is 6.04. The summed E-state index contributed by atoms with van der Waals surface area (Å²) in [7, 11) is 0. The number of likely N-dealkylation sites (tertiary alicyclic amines) is 1.